The number of nitrogens with zero attached hydrogens (tertiary/aromatic N) is 4. The van der Waals surface area contributed by atoms with Gasteiger partial charge in [-0.25, -0.2) is 13.4 Å². The zero-order valence-electron chi connectivity index (χ0n) is 19.0. The first-order chi connectivity index (χ1) is 15.5. The number of pyridine rings is 2. The fourth-order valence-electron chi connectivity index (χ4n) is 4.10. The van der Waals surface area contributed by atoms with E-state index in [1.807, 2.05) is 6.92 Å². The van der Waals surface area contributed by atoms with Crippen LogP contribution in [0.15, 0.2) is 39.7 Å². The van der Waals surface area contributed by atoms with Gasteiger partial charge in [-0.1, -0.05) is 6.07 Å². The number of carbonyl (C=O) groups is 1. The molecule has 3 aromatic heterocycles. The van der Waals surface area contributed by atoms with Crippen LogP contribution < -0.4 is 10.9 Å². The normalized spacial score (nSPS) is 18.0. The Kier molecular flexibility index (Phi) is 6.12. The number of nitrogens with one attached hydrogen (secondary N) is 1. The molecule has 1 unspecified atom stereocenters. The first kappa shape index (κ1) is 23.1. The lowest BCUT2D eigenvalue weighted by Crippen LogP contribution is -2.52. The minimum atomic E-state index is -3.23. The average Bonchev–Trinajstić information content (AvgIpc) is 3.15. The Balaban J connectivity index is 1.68. The molecule has 1 atom stereocenters. The van der Waals surface area contributed by atoms with Crippen molar-refractivity contribution < 1.29 is 17.6 Å². The highest BCUT2D eigenvalue weighted by Gasteiger charge is 2.29. The number of fused-ring (bicyclic) bond motifs is 1. The molecular weight excluding hydrogens is 446 g/mol. The Hall–Kier alpha value is -3.02. The lowest BCUT2D eigenvalue weighted by molar-refractivity contribution is -0.114. The number of hydrogen-bond acceptors (Lipinski definition) is 7. The first-order valence-corrected chi connectivity index (χ1v) is 12.4. The number of sulfonamides is 1. The van der Waals surface area contributed by atoms with Gasteiger partial charge in [-0.3, -0.25) is 14.5 Å². The molecule has 4 heterocycles. The standard InChI is InChI=1S/C22H27N5O5S/c1-14-11-27(33(4,30)31)9-8-26(14)12-16-10-17-21(32-16)18(13-25(3)22(17)29)19-6-5-7-20(24-19)23-15(2)28/h5-7,10,13-14H,8-9,11-12H2,1-4H3,(H,23,24,28). The highest BCUT2D eigenvalue weighted by Crippen LogP contribution is 2.29. The van der Waals surface area contributed by atoms with Crippen LogP contribution in [0.3, 0.4) is 0 Å². The quantitative estimate of drug-likeness (QED) is 0.598. The predicted octanol–water partition coefficient (Wildman–Crippen LogP) is 1.62. The van der Waals surface area contributed by atoms with Crippen LogP contribution in [0.2, 0.25) is 0 Å². The molecule has 33 heavy (non-hydrogen) atoms. The number of aryl methyl sites for hydroxylation is 1. The maximum absolute atomic E-state index is 12.8. The highest BCUT2D eigenvalue weighted by atomic mass is 32.2. The molecule has 1 fully saturated rings. The van der Waals surface area contributed by atoms with E-state index in [4.69, 9.17) is 4.42 Å². The summed E-state index contributed by atoms with van der Waals surface area (Å²) in [7, 11) is -1.56. The molecule has 4 rings (SSSR count). The molecule has 11 heteroatoms. The summed E-state index contributed by atoms with van der Waals surface area (Å²) in [5.74, 6) is 0.800. The van der Waals surface area contributed by atoms with Gasteiger partial charge in [0.05, 0.1) is 29.4 Å². The molecule has 0 aromatic carbocycles. The van der Waals surface area contributed by atoms with Crippen LogP contribution in [-0.4, -0.2) is 65.0 Å². The lowest BCUT2D eigenvalue weighted by atomic mass is 10.1. The molecule has 1 saturated heterocycles. The molecule has 0 radical (unpaired) electrons. The van der Waals surface area contributed by atoms with Gasteiger partial charge in [0, 0.05) is 45.8 Å². The van der Waals surface area contributed by atoms with E-state index in [0.717, 1.165) is 0 Å². The van der Waals surface area contributed by atoms with E-state index in [1.165, 1.54) is 22.1 Å². The number of aromatic nitrogens is 2. The smallest absolute Gasteiger partial charge is 0.261 e. The van der Waals surface area contributed by atoms with Gasteiger partial charge in [0.15, 0.2) is 5.58 Å². The summed E-state index contributed by atoms with van der Waals surface area (Å²) in [4.78, 5) is 30.8. The second-order valence-electron chi connectivity index (χ2n) is 8.44. The number of furan rings is 1. The predicted molar refractivity (Wildman–Crippen MR) is 125 cm³/mol. The van der Waals surface area contributed by atoms with Gasteiger partial charge in [-0.2, -0.15) is 4.31 Å². The van der Waals surface area contributed by atoms with Crippen molar-refractivity contribution in [1.82, 2.24) is 18.8 Å². The van der Waals surface area contributed by atoms with E-state index < -0.39 is 10.0 Å². The minimum absolute atomic E-state index is 0.00000545. The van der Waals surface area contributed by atoms with Crippen molar-refractivity contribution in [2.45, 2.75) is 26.4 Å². The van der Waals surface area contributed by atoms with E-state index in [2.05, 4.69) is 15.2 Å². The second-order valence-corrected chi connectivity index (χ2v) is 10.4. The molecule has 0 aliphatic carbocycles. The Morgan fingerprint density at radius 2 is 2.06 bits per heavy atom. The molecule has 10 nitrogen and oxygen atoms in total. The van der Waals surface area contributed by atoms with E-state index in [1.54, 1.807) is 37.5 Å². The summed E-state index contributed by atoms with van der Waals surface area (Å²) in [5, 5.41) is 3.11. The first-order valence-electron chi connectivity index (χ1n) is 10.6. The minimum Gasteiger partial charge on any atom is -0.459 e. The Morgan fingerprint density at radius 3 is 2.73 bits per heavy atom. The van der Waals surface area contributed by atoms with Crippen molar-refractivity contribution in [3.05, 3.63) is 46.6 Å². The summed E-state index contributed by atoms with van der Waals surface area (Å²) < 4.78 is 32.8. The second kappa shape index (κ2) is 8.73. The molecule has 0 bridgehead atoms. The summed E-state index contributed by atoms with van der Waals surface area (Å²) in [5.41, 5.74) is 1.46. The third-order valence-corrected chi connectivity index (χ3v) is 7.06. The summed E-state index contributed by atoms with van der Waals surface area (Å²) >= 11 is 0. The van der Waals surface area contributed by atoms with E-state index in [-0.39, 0.29) is 17.5 Å². The van der Waals surface area contributed by atoms with Crippen LogP contribution in [0.5, 0.6) is 0 Å². The van der Waals surface area contributed by atoms with Crippen molar-refractivity contribution >= 4 is 32.7 Å². The fourth-order valence-corrected chi connectivity index (χ4v) is 4.99. The monoisotopic (exact) mass is 473 g/mol. The molecular formula is C22H27N5O5S. The van der Waals surface area contributed by atoms with Crippen LogP contribution in [0, 0.1) is 0 Å². The molecule has 1 N–H and O–H groups in total. The Morgan fingerprint density at radius 1 is 1.30 bits per heavy atom. The third-order valence-electron chi connectivity index (χ3n) is 5.79. The van der Waals surface area contributed by atoms with Crippen molar-refractivity contribution in [3.63, 3.8) is 0 Å². The van der Waals surface area contributed by atoms with E-state index >= 15 is 0 Å². The third kappa shape index (κ3) is 4.85. The summed E-state index contributed by atoms with van der Waals surface area (Å²) in [6.45, 7) is 5.23. The van der Waals surface area contributed by atoms with Gasteiger partial charge < -0.3 is 14.3 Å². The van der Waals surface area contributed by atoms with Crippen molar-refractivity contribution in [2.75, 3.05) is 31.2 Å². The highest BCUT2D eigenvalue weighted by molar-refractivity contribution is 7.88. The summed E-state index contributed by atoms with van der Waals surface area (Å²) in [6.07, 6.45) is 2.90. The van der Waals surface area contributed by atoms with Gasteiger partial charge in [-0.05, 0) is 25.1 Å². The van der Waals surface area contributed by atoms with Crippen LogP contribution in [0.1, 0.15) is 19.6 Å². The molecule has 176 valence electrons. The fraction of sp³-hybridized carbons (Fsp3) is 0.409. The SMILES string of the molecule is CC(=O)Nc1cccc(-c2cn(C)c(=O)c3cc(CN4CCN(S(C)(=O)=O)CC4C)oc23)n1. The molecule has 1 aliphatic heterocycles. The van der Waals surface area contributed by atoms with Gasteiger partial charge in [0.25, 0.3) is 5.56 Å². The van der Waals surface area contributed by atoms with Gasteiger partial charge in [0.1, 0.15) is 11.6 Å². The maximum atomic E-state index is 12.8. The zero-order valence-corrected chi connectivity index (χ0v) is 19.8. The van der Waals surface area contributed by atoms with Crippen LogP contribution in [0.4, 0.5) is 5.82 Å². The average molecular weight is 474 g/mol. The number of carbonyl (C=O) groups excluding carboxylic acids is 1. The van der Waals surface area contributed by atoms with Gasteiger partial charge >= 0.3 is 0 Å². The maximum Gasteiger partial charge on any atom is 0.261 e. The molecule has 0 saturated carbocycles. The molecule has 3 aromatic rings. The van der Waals surface area contributed by atoms with Crippen LogP contribution in [-0.2, 0) is 28.4 Å². The van der Waals surface area contributed by atoms with Crippen LogP contribution in [0.25, 0.3) is 22.2 Å². The molecule has 1 aliphatic rings. The number of rotatable bonds is 5. The molecule has 0 spiro atoms. The molecule has 1 amide bonds. The van der Waals surface area contributed by atoms with Crippen molar-refractivity contribution in [3.8, 4) is 11.3 Å². The van der Waals surface area contributed by atoms with Gasteiger partial charge in [0.2, 0.25) is 15.9 Å². The number of hydrogen-bond donors (Lipinski definition) is 1. The van der Waals surface area contributed by atoms with Crippen LogP contribution >= 0.6 is 0 Å². The van der Waals surface area contributed by atoms with E-state index in [0.29, 0.717) is 60.0 Å². The lowest BCUT2D eigenvalue weighted by Gasteiger charge is -2.38. The number of piperazine rings is 1. The van der Waals surface area contributed by atoms with E-state index in [9.17, 15) is 18.0 Å². The topological polar surface area (TPSA) is 118 Å². The Labute approximate surface area is 191 Å². The summed E-state index contributed by atoms with van der Waals surface area (Å²) in [6, 6.07) is 7.00. The Bertz CT molecular complexity index is 1380. The van der Waals surface area contributed by atoms with Crippen molar-refractivity contribution in [1.29, 1.82) is 0 Å². The number of amides is 1. The largest absolute Gasteiger partial charge is 0.459 e. The number of anilines is 1. The van der Waals surface area contributed by atoms with Gasteiger partial charge in [-0.15, -0.1) is 0 Å². The zero-order chi connectivity index (χ0) is 23.9. The van der Waals surface area contributed by atoms with Crippen molar-refractivity contribution in [2.24, 2.45) is 7.05 Å².